The van der Waals surface area contributed by atoms with Crippen LogP contribution in [-0.2, 0) is 11.3 Å². The molecule has 0 bridgehead atoms. The lowest BCUT2D eigenvalue weighted by atomic mass is 10.2. The third-order valence-electron chi connectivity index (χ3n) is 3.15. The van der Waals surface area contributed by atoms with Crippen LogP contribution in [0.15, 0.2) is 34.2 Å². The quantitative estimate of drug-likeness (QED) is 0.678. The Hall–Kier alpha value is -1.82. The van der Waals surface area contributed by atoms with Gasteiger partial charge in [-0.25, -0.2) is 4.98 Å². The number of aromatic nitrogens is 2. The van der Waals surface area contributed by atoms with Gasteiger partial charge in [-0.1, -0.05) is 23.9 Å². The van der Waals surface area contributed by atoms with Gasteiger partial charge in [0.15, 0.2) is 5.16 Å². The van der Waals surface area contributed by atoms with E-state index in [0.717, 1.165) is 0 Å². The number of hydrogen-bond acceptors (Lipinski definition) is 4. The smallest absolute Gasteiger partial charge is 0.262 e. The molecule has 112 valence electrons. The van der Waals surface area contributed by atoms with Crippen molar-refractivity contribution in [2.75, 3.05) is 6.54 Å². The van der Waals surface area contributed by atoms with E-state index in [-0.39, 0.29) is 16.7 Å². The highest BCUT2D eigenvalue weighted by Crippen LogP contribution is 2.22. The molecule has 0 unspecified atom stereocenters. The van der Waals surface area contributed by atoms with Crippen LogP contribution in [0.3, 0.4) is 0 Å². The number of carbonyl (C=O) groups excluding carboxylic acids is 1. The summed E-state index contributed by atoms with van der Waals surface area (Å²) in [5.41, 5.74) is 0.603. The highest BCUT2D eigenvalue weighted by Gasteiger charge is 2.18. The van der Waals surface area contributed by atoms with E-state index in [9.17, 15) is 9.59 Å². The average molecular weight is 305 g/mol. The van der Waals surface area contributed by atoms with Crippen molar-refractivity contribution in [2.45, 2.75) is 37.7 Å². The standard InChI is InChI=1S/C15H19N3O2S/c1-4-16-13(19)10(3)21-15-17-12-9-7-6-8-11(12)14(20)18(15)5-2/h6-10H,4-5H2,1-3H3,(H,16,19)/t10-/m1/s1. The molecule has 0 fully saturated rings. The van der Waals surface area contributed by atoms with Crippen molar-refractivity contribution in [1.82, 2.24) is 14.9 Å². The van der Waals surface area contributed by atoms with Gasteiger partial charge in [-0.05, 0) is 32.9 Å². The molecule has 1 N–H and O–H groups in total. The van der Waals surface area contributed by atoms with Crippen molar-refractivity contribution < 1.29 is 4.79 Å². The number of fused-ring (bicyclic) bond motifs is 1. The predicted octanol–water partition coefficient (Wildman–Crippen LogP) is 2.03. The molecule has 1 aromatic carbocycles. The Kier molecular flexibility index (Phi) is 5.01. The first-order chi connectivity index (χ1) is 10.1. The van der Waals surface area contributed by atoms with Crippen LogP contribution in [0.25, 0.3) is 10.9 Å². The highest BCUT2D eigenvalue weighted by atomic mass is 32.2. The third-order valence-corrected chi connectivity index (χ3v) is 4.24. The van der Waals surface area contributed by atoms with E-state index in [4.69, 9.17) is 0 Å². The molecule has 1 aromatic heterocycles. The topological polar surface area (TPSA) is 64.0 Å². The number of nitrogens with one attached hydrogen (secondary N) is 1. The first-order valence-electron chi connectivity index (χ1n) is 7.02. The first-order valence-corrected chi connectivity index (χ1v) is 7.90. The number of para-hydroxylation sites is 1. The number of benzene rings is 1. The van der Waals surface area contributed by atoms with Gasteiger partial charge in [-0.15, -0.1) is 0 Å². The second-order valence-corrected chi connectivity index (χ2v) is 5.92. The summed E-state index contributed by atoms with van der Waals surface area (Å²) in [6.07, 6.45) is 0. The maximum absolute atomic E-state index is 12.5. The molecule has 0 spiro atoms. The summed E-state index contributed by atoms with van der Waals surface area (Å²) in [4.78, 5) is 28.9. The van der Waals surface area contributed by atoms with Crippen molar-refractivity contribution in [3.8, 4) is 0 Å². The van der Waals surface area contributed by atoms with Gasteiger partial charge in [-0.3, -0.25) is 14.2 Å². The maximum Gasteiger partial charge on any atom is 0.262 e. The number of thioether (sulfide) groups is 1. The van der Waals surface area contributed by atoms with Crippen LogP contribution in [0.2, 0.25) is 0 Å². The Bertz CT molecular complexity index is 712. The van der Waals surface area contributed by atoms with Gasteiger partial charge in [0.05, 0.1) is 16.2 Å². The first kappa shape index (κ1) is 15.6. The predicted molar refractivity (Wildman–Crippen MR) is 85.7 cm³/mol. The summed E-state index contributed by atoms with van der Waals surface area (Å²) in [5, 5.41) is 3.67. The molecule has 0 aliphatic rings. The van der Waals surface area contributed by atoms with E-state index in [1.165, 1.54) is 11.8 Å². The molecule has 0 radical (unpaired) electrons. The van der Waals surface area contributed by atoms with Crippen LogP contribution in [0.5, 0.6) is 0 Å². The molecule has 1 amide bonds. The van der Waals surface area contributed by atoms with Gasteiger partial charge in [-0.2, -0.15) is 0 Å². The minimum atomic E-state index is -0.296. The largest absolute Gasteiger partial charge is 0.355 e. The molecular weight excluding hydrogens is 286 g/mol. The molecule has 0 saturated carbocycles. The third kappa shape index (κ3) is 3.26. The van der Waals surface area contributed by atoms with Gasteiger partial charge in [0.1, 0.15) is 0 Å². The molecule has 0 aliphatic heterocycles. The number of rotatable bonds is 5. The number of nitrogens with zero attached hydrogens (tertiary/aromatic N) is 2. The van der Waals surface area contributed by atoms with Crippen LogP contribution < -0.4 is 10.9 Å². The van der Waals surface area contributed by atoms with Gasteiger partial charge >= 0.3 is 0 Å². The van der Waals surface area contributed by atoms with Crippen LogP contribution >= 0.6 is 11.8 Å². The molecule has 1 atom stereocenters. The molecule has 5 nitrogen and oxygen atoms in total. The zero-order valence-electron chi connectivity index (χ0n) is 12.4. The summed E-state index contributed by atoms with van der Waals surface area (Å²) in [5.74, 6) is -0.0486. The average Bonchev–Trinajstić information content (AvgIpc) is 2.48. The number of amides is 1. The second kappa shape index (κ2) is 6.76. The van der Waals surface area contributed by atoms with E-state index >= 15 is 0 Å². The molecule has 2 rings (SSSR count). The highest BCUT2D eigenvalue weighted by molar-refractivity contribution is 8.00. The van der Waals surface area contributed by atoms with E-state index in [2.05, 4.69) is 10.3 Å². The van der Waals surface area contributed by atoms with Crippen LogP contribution in [0.1, 0.15) is 20.8 Å². The fourth-order valence-corrected chi connectivity index (χ4v) is 3.04. The Morgan fingerprint density at radius 3 is 2.76 bits per heavy atom. The van der Waals surface area contributed by atoms with Crippen molar-refractivity contribution in [3.63, 3.8) is 0 Å². The lowest BCUT2D eigenvalue weighted by Crippen LogP contribution is -2.31. The molecule has 2 aromatic rings. The van der Waals surface area contributed by atoms with Crippen molar-refractivity contribution in [2.24, 2.45) is 0 Å². The van der Waals surface area contributed by atoms with E-state index < -0.39 is 0 Å². The minimum Gasteiger partial charge on any atom is -0.355 e. The summed E-state index contributed by atoms with van der Waals surface area (Å²) >= 11 is 1.31. The Morgan fingerprint density at radius 1 is 1.38 bits per heavy atom. The van der Waals surface area contributed by atoms with Gasteiger partial charge < -0.3 is 5.32 Å². The van der Waals surface area contributed by atoms with Crippen molar-refractivity contribution in [3.05, 3.63) is 34.6 Å². The van der Waals surface area contributed by atoms with Gasteiger partial charge in [0, 0.05) is 13.1 Å². The molecule has 0 saturated heterocycles. The summed E-state index contributed by atoms with van der Waals surface area (Å²) in [7, 11) is 0. The van der Waals surface area contributed by atoms with Gasteiger partial charge in [0.25, 0.3) is 5.56 Å². The van der Waals surface area contributed by atoms with Crippen molar-refractivity contribution in [1.29, 1.82) is 0 Å². The number of carbonyl (C=O) groups is 1. The van der Waals surface area contributed by atoms with Crippen LogP contribution in [0, 0.1) is 0 Å². The van der Waals surface area contributed by atoms with Gasteiger partial charge in [0.2, 0.25) is 5.91 Å². The van der Waals surface area contributed by atoms with Crippen LogP contribution in [0.4, 0.5) is 0 Å². The molecule has 21 heavy (non-hydrogen) atoms. The fourth-order valence-electron chi connectivity index (χ4n) is 2.05. The summed E-state index contributed by atoms with van der Waals surface area (Å²) < 4.78 is 1.61. The molecular formula is C15H19N3O2S. The van der Waals surface area contributed by atoms with Crippen LogP contribution in [-0.4, -0.2) is 27.3 Å². The molecule has 1 heterocycles. The molecule has 0 aliphatic carbocycles. The lowest BCUT2D eigenvalue weighted by Gasteiger charge is -2.14. The monoisotopic (exact) mass is 305 g/mol. The fraction of sp³-hybridized carbons (Fsp3) is 0.400. The maximum atomic E-state index is 12.5. The number of hydrogen-bond donors (Lipinski definition) is 1. The summed E-state index contributed by atoms with van der Waals surface area (Å²) in [6, 6.07) is 7.28. The van der Waals surface area contributed by atoms with E-state index in [1.807, 2.05) is 39.0 Å². The second-order valence-electron chi connectivity index (χ2n) is 4.62. The van der Waals surface area contributed by atoms with E-state index in [1.54, 1.807) is 10.6 Å². The van der Waals surface area contributed by atoms with E-state index in [0.29, 0.717) is 29.1 Å². The zero-order chi connectivity index (χ0) is 15.4. The Labute approximate surface area is 127 Å². The minimum absolute atomic E-state index is 0.0486. The Balaban J connectivity index is 2.43. The normalized spacial score (nSPS) is 12.3. The van der Waals surface area contributed by atoms with Crippen molar-refractivity contribution >= 4 is 28.6 Å². The Morgan fingerprint density at radius 2 is 2.10 bits per heavy atom. The zero-order valence-corrected chi connectivity index (χ0v) is 13.2. The molecule has 6 heteroatoms. The SMILES string of the molecule is CCNC(=O)[C@@H](C)Sc1nc2ccccc2c(=O)n1CC. The summed E-state index contributed by atoms with van der Waals surface area (Å²) in [6.45, 7) is 6.72. The lowest BCUT2D eigenvalue weighted by molar-refractivity contribution is -0.120.